The van der Waals surface area contributed by atoms with Crippen molar-refractivity contribution < 1.29 is 14.4 Å². The van der Waals surface area contributed by atoms with Crippen LogP contribution in [0.3, 0.4) is 0 Å². The predicted molar refractivity (Wildman–Crippen MR) is 73.2 cm³/mol. The molecular formula is C15H17NO3. The van der Waals surface area contributed by atoms with Gasteiger partial charge in [-0.1, -0.05) is 36.9 Å². The highest BCUT2D eigenvalue weighted by atomic mass is 16.7. The van der Waals surface area contributed by atoms with E-state index >= 15 is 0 Å². The predicted octanol–water partition coefficient (Wildman–Crippen LogP) is 3.03. The van der Waals surface area contributed by atoms with Crippen molar-refractivity contribution >= 4 is 12.2 Å². The van der Waals surface area contributed by atoms with Crippen molar-refractivity contribution in [3.8, 4) is 0 Å². The van der Waals surface area contributed by atoms with E-state index in [1.807, 2.05) is 36.4 Å². The molecule has 0 aromatic heterocycles. The Labute approximate surface area is 112 Å². The van der Waals surface area contributed by atoms with Gasteiger partial charge in [0.1, 0.15) is 0 Å². The summed E-state index contributed by atoms with van der Waals surface area (Å²) in [5, 5.41) is 1.23. The van der Waals surface area contributed by atoms with E-state index in [-0.39, 0.29) is 0 Å². The molecule has 0 radical (unpaired) electrons. The number of nitrogens with zero attached hydrogens (tertiary/aromatic N) is 1. The minimum absolute atomic E-state index is 0.303. The summed E-state index contributed by atoms with van der Waals surface area (Å²) in [6.07, 6.45) is 1.55. The van der Waals surface area contributed by atoms with E-state index < -0.39 is 6.09 Å². The number of ether oxygens (including phenoxy) is 1. The minimum atomic E-state index is -0.464. The van der Waals surface area contributed by atoms with Crippen LogP contribution >= 0.6 is 0 Å². The van der Waals surface area contributed by atoms with Crippen molar-refractivity contribution in [2.75, 3.05) is 19.8 Å². The normalized spacial score (nSPS) is 17.6. The molecule has 1 amide bonds. The molecule has 0 unspecified atom stereocenters. The van der Waals surface area contributed by atoms with Gasteiger partial charge in [0.15, 0.2) is 0 Å². The molecule has 1 aromatic carbocycles. The van der Waals surface area contributed by atoms with Crippen LogP contribution in [0, 0.1) is 0 Å². The van der Waals surface area contributed by atoms with Crippen molar-refractivity contribution in [2.24, 2.45) is 0 Å². The SMILES string of the molecule is C=C1CON(C(=O)OCC)C/C1=C/c1ccccc1. The van der Waals surface area contributed by atoms with E-state index in [4.69, 9.17) is 9.57 Å². The van der Waals surface area contributed by atoms with Crippen LogP contribution in [-0.2, 0) is 9.57 Å². The van der Waals surface area contributed by atoms with Crippen molar-refractivity contribution in [1.82, 2.24) is 5.06 Å². The van der Waals surface area contributed by atoms with Gasteiger partial charge in [-0.3, -0.25) is 4.84 Å². The second-order valence-electron chi connectivity index (χ2n) is 4.19. The Balaban J connectivity index is 2.13. The third-order valence-electron chi connectivity index (χ3n) is 2.77. The summed E-state index contributed by atoms with van der Waals surface area (Å²) in [5.74, 6) is 0. The average Bonchev–Trinajstić information content (AvgIpc) is 2.42. The van der Waals surface area contributed by atoms with Crippen molar-refractivity contribution in [2.45, 2.75) is 6.92 Å². The third-order valence-corrected chi connectivity index (χ3v) is 2.77. The number of benzene rings is 1. The standard InChI is InChI=1S/C15H17NO3/c1-3-18-15(17)16-10-14(12(2)11-19-16)9-13-7-5-4-6-8-13/h4-9H,2-3,10-11H2,1H3/b14-9-. The maximum atomic E-state index is 11.6. The summed E-state index contributed by atoms with van der Waals surface area (Å²) >= 11 is 0. The molecule has 4 heteroatoms. The van der Waals surface area contributed by atoms with Gasteiger partial charge in [0, 0.05) is 0 Å². The van der Waals surface area contributed by atoms with E-state index in [2.05, 4.69) is 6.58 Å². The molecule has 0 atom stereocenters. The summed E-state index contributed by atoms with van der Waals surface area (Å²) in [6, 6.07) is 9.91. The Bertz CT molecular complexity index is 493. The van der Waals surface area contributed by atoms with Crippen LogP contribution in [0.2, 0.25) is 0 Å². The number of carbonyl (C=O) groups excluding carboxylic acids is 1. The van der Waals surface area contributed by atoms with Crippen LogP contribution in [0.25, 0.3) is 6.08 Å². The van der Waals surface area contributed by atoms with Crippen molar-refractivity contribution in [1.29, 1.82) is 0 Å². The second kappa shape index (κ2) is 6.20. The van der Waals surface area contributed by atoms with Gasteiger partial charge in [-0.25, -0.2) is 4.79 Å². The first-order chi connectivity index (χ1) is 9.20. The number of hydrogen-bond donors (Lipinski definition) is 0. The second-order valence-corrected chi connectivity index (χ2v) is 4.19. The number of amides is 1. The smallest absolute Gasteiger partial charge is 0.434 e. The first-order valence-corrected chi connectivity index (χ1v) is 6.21. The zero-order chi connectivity index (χ0) is 13.7. The molecule has 1 heterocycles. The molecule has 4 nitrogen and oxygen atoms in total. The lowest BCUT2D eigenvalue weighted by Gasteiger charge is -2.28. The molecule has 0 saturated carbocycles. The molecule has 1 aromatic rings. The Morgan fingerprint density at radius 2 is 2.21 bits per heavy atom. The van der Waals surface area contributed by atoms with Gasteiger partial charge < -0.3 is 4.74 Å². The highest BCUT2D eigenvalue weighted by molar-refractivity contribution is 5.69. The third kappa shape index (κ3) is 3.45. The molecule has 100 valence electrons. The van der Waals surface area contributed by atoms with Gasteiger partial charge >= 0.3 is 6.09 Å². The highest BCUT2D eigenvalue weighted by Crippen LogP contribution is 2.21. The number of carbonyl (C=O) groups is 1. The van der Waals surface area contributed by atoms with E-state index in [9.17, 15) is 4.79 Å². The maximum Gasteiger partial charge on any atom is 0.434 e. The fourth-order valence-electron chi connectivity index (χ4n) is 1.77. The number of rotatable bonds is 2. The van der Waals surface area contributed by atoms with Gasteiger partial charge in [-0.05, 0) is 29.7 Å². The topological polar surface area (TPSA) is 38.8 Å². The Morgan fingerprint density at radius 3 is 2.89 bits per heavy atom. The first-order valence-electron chi connectivity index (χ1n) is 6.21. The molecular weight excluding hydrogens is 242 g/mol. The summed E-state index contributed by atoms with van der Waals surface area (Å²) in [7, 11) is 0. The Morgan fingerprint density at radius 1 is 1.47 bits per heavy atom. The van der Waals surface area contributed by atoms with Crippen molar-refractivity contribution in [3.63, 3.8) is 0 Å². The van der Waals surface area contributed by atoms with Crippen LogP contribution in [0.15, 0.2) is 48.1 Å². The van der Waals surface area contributed by atoms with Gasteiger partial charge in [0.2, 0.25) is 0 Å². The van der Waals surface area contributed by atoms with Gasteiger partial charge in [0.05, 0.1) is 19.8 Å². The molecule has 2 rings (SSSR count). The van der Waals surface area contributed by atoms with Crippen LogP contribution in [-0.4, -0.2) is 30.9 Å². The molecule has 1 aliphatic rings. The summed E-state index contributed by atoms with van der Waals surface area (Å²) in [6.45, 7) is 6.71. The first kappa shape index (κ1) is 13.4. The number of hydrogen-bond acceptors (Lipinski definition) is 3. The van der Waals surface area contributed by atoms with Gasteiger partial charge in [-0.15, -0.1) is 0 Å². The van der Waals surface area contributed by atoms with Crippen LogP contribution in [0.4, 0.5) is 4.79 Å². The quantitative estimate of drug-likeness (QED) is 0.819. The van der Waals surface area contributed by atoms with Crippen LogP contribution in [0.5, 0.6) is 0 Å². The summed E-state index contributed by atoms with van der Waals surface area (Å²) in [5.41, 5.74) is 2.93. The lowest BCUT2D eigenvalue weighted by molar-refractivity contribution is -0.130. The van der Waals surface area contributed by atoms with Gasteiger partial charge in [0.25, 0.3) is 0 Å². The largest absolute Gasteiger partial charge is 0.448 e. The Kier molecular flexibility index (Phi) is 4.36. The highest BCUT2D eigenvalue weighted by Gasteiger charge is 2.23. The molecule has 1 fully saturated rings. The van der Waals surface area contributed by atoms with E-state index in [0.717, 1.165) is 16.7 Å². The fraction of sp³-hybridized carbons (Fsp3) is 0.267. The Hall–Kier alpha value is -2.07. The molecule has 0 bridgehead atoms. The van der Waals surface area contributed by atoms with Gasteiger partial charge in [-0.2, -0.15) is 5.06 Å². The van der Waals surface area contributed by atoms with Crippen LogP contribution in [0.1, 0.15) is 12.5 Å². The maximum absolute atomic E-state index is 11.6. The molecule has 19 heavy (non-hydrogen) atoms. The molecule has 1 saturated heterocycles. The van der Waals surface area contributed by atoms with E-state index in [0.29, 0.717) is 19.8 Å². The lowest BCUT2D eigenvalue weighted by atomic mass is 10.0. The summed E-state index contributed by atoms with van der Waals surface area (Å²) < 4.78 is 4.92. The molecule has 1 aliphatic heterocycles. The molecule has 0 N–H and O–H groups in total. The monoisotopic (exact) mass is 259 g/mol. The fourth-order valence-corrected chi connectivity index (χ4v) is 1.77. The minimum Gasteiger partial charge on any atom is -0.448 e. The lowest BCUT2D eigenvalue weighted by Crippen LogP contribution is -2.38. The van der Waals surface area contributed by atoms with Crippen LogP contribution < -0.4 is 0 Å². The zero-order valence-electron chi connectivity index (χ0n) is 11.0. The van der Waals surface area contributed by atoms with Crippen molar-refractivity contribution in [3.05, 3.63) is 53.6 Å². The molecule has 0 spiro atoms. The molecule has 0 aliphatic carbocycles. The van der Waals surface area contributed by atoms with E-state index in [1.165, 1.54) is 5.06 Å². The average molecular weight is 259 g/mol. The number of hydroxylamine groups is 2. The van der Waals surface area contributed by atoms with E-state index in [1.54, 1.807) is 6.92 Å². The summed E-state index contributed by atoms with van der Waals surface area (Å²) in [4.78, 5) is 16.9. The zero-order valence-corrected chi connectivity index (χ0v) is 11.0.